The van der Waals surface area contributed by atoms with Crippen LogP contribution in [0.4, 0.5) is 5.69 Å². The molecule has 0 unspecified atom stereocenters. The second-order valence-corrected chi connectivity index (χ2v) is 6.42. The Labute approximate surface area is 134 Å². The summed E-state index contributed by atoms with van der Waals surface area (Å²) in [6.45, 7) is 6.50. The first-order valence-electron chi connectivity index (χ1n) is 7.46. The molecular formula is C17H21N3O3. The van der Waals surface area contributed by atoms with Crippen molar-refractivity contribution in [3.63, 3.8) is 0 Å². The van der Waals surface area contributed by atoms with Gasteiger partial charge in [-0.1, -0.05) is 32.9 Å². The maximum absolute atomic E-state index is 11.9. The maximum atomic E-state index is 11.9. The molecule has 2 aromatic rings. The van der Waals surface area contributed by atoms with Gasteiger partial charge in [-0.2, -0.15) is 0 Å². The molecule has 6 heteroatoms. The number of anilines is 1. The first-order valence-corrected chi connectivity index (χ1v) is 7.46. The van der Waals surface area contributed by atoms with Crippen LogP contribution in [0, 0.1) is 0 Å². The lowest BCUT2D eigenvalue weighted by Gasteiger charge is -2.19. The van der Waals surface area contributed by atoms with E-state index in [1.807, 2.05) is 24.3 Å². The van der Waals surface area contributed by atoms with Crippen LogP contribution in [0.25, 0.3) is 0 Å². The van der Waals surface area contributed by atoms with Crippen LogP contribution >= 0.6 is 0 Å². The van der Waals surface area contributed by atoms with Gasteiger partial charge in [0.1, 0.15) is 0 Å². The fourth-order valence-corrected chi connectivity index (χ4v) is 2.12. The molecule has 2 N–H and O–H groups in total. The van der Waals surface area contributed by atoms with Crippen molar-refractivity contribution in [2.75, 3.05) is 5.32 Å². The van der Waals surface area contributed by atoms with E-state index in [2.05, 4.69) is 31.2 Å². The van der Waals surface area contributed by atoms with Gasteiger partial charge in [0.25, 0.3) is 11.1 Å². The van der Waals surface area contributed by atoms with Crippen LogP contribution in [-0.4, -0.2) is 15.7 Å². The van der Waals surface area contributed by atoms with E-state index in [0.29, 0.717) is 5.69 Å². The summed E-state index contributed by atoms with van der Waals surface area (Å²) in [6.07, 6.45) is 0.0981. The molecule has 0 spiro atoms. The number of nitrogens with zero attached hydrogens (tertiary/aromatic N) is 1. The molecule has 0 aliphatic heterocycles. The van der Waals surface area contributed by atoms with Gasteiger partial charge in [-0.05, 0) is 23.1 Å². The molecule has 6 nitrogen and oxygen atoms in total. The Morgan fingerprint density at radius 3 is 2.35 bits per heavy atom. The maximum Gasteiger partial charge on any atom is 0.265 e. The minimum atomic E-state index is -0.372. The van der Waals surface area contributed by atoms with Crippen LogP contribution in [0.1, 0.15) is 32.8 Å². The van der Waals surface area contributed by atoms with Gasteiger partial charge in [0.15, 0.2) is 0 Å². The second-order valence-electron chi connectivity index (χ2n) is 6.42. The van der Waals surface area contributed by atoms with E-state index in [9.17, 15) is 14.4 Å². The zero-order chi connectivity index (χ0) is 17.0. The summed E-state index contributed by atoms with van der Waals surface area (Å²) < 4.78 is 1.13. The quantitative estimate of drug-likeness (QED) is 0.903. The zero-order valence-corrected chi connectivity index (χ0v) is 13.6. The van der Waals surface area contributed by atoms with Crippen molar-refractivity contribution in [3.8, 4) is 0 Å². The summed E-state index contributed by atoms with van der Waals surface area (Å²) in [5, 5.41) is 5.17. The summed E-state index contributed by atoms with van der Waals surface area (Å²) in [4.78, 5) is 34.7. The Morgan fingerprint density at radius 1 is 1.09 bits per heavy atom. The summed E-state index contributed by atoms with van der Waals surface area (Å²) in [5.41, 5.74) is 1.23. The van der Waals surface area contributed by atoms with E-state index in [1.54, 1.807) is 0 Å². The van der Waals surface area contributed by atoms with Gasteiger partial charge in [0.05, 0.1) is 6.54 Å². The number of aromatic amines is 1. The molecule has 122 valence electrons. The Bertz CT molecular complexity index is 795. The van der Waals surface area contributed by atoms with Crippen LogP contribution < -0.4 is 16.4 Å². The molecule has 1 heterocycles. The normalized spacial score (nSPS) is 11.3. The highest BCUT2D eigenvalue weighted by Crippen LogP contribution is 2.23. The average Bonchev–Trinajstić information content (AvgIpc) is 2.48. The van der Waals surface area contributed by atoms with Gasteiger partial charge in [0.2, 0.25) is 5.91 Å². The first-order chi connectivity index (χ1) is 10.8. The van der Waals surface area contributed by atoms with Gasteiger partial charge in [0, 0.05) is 24.2 Å². The van der Waals surface area contributed by atoms with Crippen molar-refractivity contribution in [2.45, 2.75) is 39.2 Å². The number of amides is 1. The third-order valence-corrected chi connectivity index (χ3v) is 3.49. The van der Waals surface area contributed by atoms with Crippen LogP contribution in [0.3, 0.4) is 0 Å². The number of aryl methyl sites for hydroxylation is 1. The van der Waals surface area contributed by atoms with Gasteiger partial charge >= 0.3 is 0 Å². The Kier molecular flexibility index (Phi) is 4.83. The predicted molar refractivity (Wildman–Crippen MR) is 89.7 cm³/mol. The van der Waals surface area contributed by atoms with Crippen molar-refractivity contribution in [1.82, 2.24) is 9.78 Å². The number of hydrogen-bond donors (Lipinski definition) is 2. The Morgan fingerprint density at radius 2 is 1.74 bits per heavy atom. The fourth-order valence-electron chi connectivity index (χ4n) is 2.12. The predicted octanol–water partition coefficient (Wildman–Crippen LogP) is 1.86. The highest BCUT2D eigenvalue weighted by atomic mass is 16.2. The minimum Gasteiger partial charge on any atom is -0.326 e. The minimum absolute atomic E-state index is 0.0584. The number of carbonyl (C=O) groups excluding carboxylic acids is 1. The molecule has 1 amide bonds. The van der Waals surface area contributed by atoms with Crippen LogP contribution in [0.5, 0.6) is 0 Å². The molecule has 0 aliphatic carbocycles. The van der Waals surface area contributed by atoms with E-state index in [-0.39, 0.29) is 35.4 Å². The van der Waals surface area contributed by atoms with E-state index >= 15 is 0 Å². The molecule has 0 saturated heterocycles. The lowest BCUT2D eigenvalue weighted by atomic mass is 9.87. The molecule has 23 heavy (non-hydrogen) atoms. The van der Waals surface area contributed by atoms with E-state index in [1.165, 1.54) is 11.6 Å². The third kappa shape index (κ3) is 4.67. The van der Waals surface area contributed by atoms with Crippen LogP contribution in [0.2, 0.25) is 0 Å². The number of hydrogen-bond acceptors (Lipinski definition) is 3. The van der Waals surface area contributed by atoms with Gasteiger partial charge in [-0.3, -0.25) is 19.5 Å². The number of carbonyl (C=O) groups is 1. The Hall–Kier alpha value is -2.63. The number of nitrogens with one attached hydrogen (secondary N) is 2. The van der Waals surface area contributed by atoms with Crippen molar-refractivity contribution in [2.24, 2.45) is 0 Å². The molecule has 0 atom stereocenters. The van der Waals surface area contributed by atoms with Crippen LogP contribution in [-0.2, 0) is 16.8 Å². The fraction of sp³-hybridized carbons (Fsp3) is 0.353. The number of aromatic nitrogens is 2. The van der Waals surface area contributed by atoms with Crippen molar-refractivity contribution in [1.29, 1.82) is 0 Å². The summed E-state index contributed by atoms with van der Waals surface area (Å²) in [7, 11) is 0. The molecule has 1 aromatic heterocycles. The Balaban J connectivity index is 1.96. The van der Waals surface area contributed by atoms with Crippen LogP contribution in [0.15, 0.2) is 46.0 Å². The summed E-state index contributed by atoms with van der Waals surface area (Å²) in [5.74, 6) is -0.217. The average molecular weight is 315 g/mol. The van der Waals surface area contributed by atoms with E-state index in [0.717, 1.165) is 10.7 Å². The van der Waals surface area contributed by atoms with Crippen molar-refractivity contribution >= 4 is 11.6 Å². The van der Waals surface area contributed by atoms with E-state index in [4.69, 9.17) is 0 Å². The second kappa shape index (κ2) is 6.64. The molecule has 0 radical (unpaired) electrons. The lowest BCUT2D eigenvalue weighted by molar-refractivity contribution is -0.116. The standard InChI is InChI=1S/C17H21N3O3/c1-17(2,3)12-4-6-13(7-5-12)18-14(21)10-11-20-16(23)9-8-15(22)19-20/h4-9H,10-11H2,1-3H3,(H,18,21)(H,19,22). The van der Waals surface area contributed by atoms with Gasteiger partial charge in [-0.25, -0.2) is 4.68 Å². The first kappa shape index (κ1) is 16.7. The summed E-state index contributed by atoms with van der Waals surface area (Å²) in [6, 6.07) is 10.0. The molecular weight excluding hydrogens is 294 g/mol. The smallest absolute Gasteiger partial charge is 0.265 e. The van der Waals surface area contributed by atoms with Crippen molar-refractivity contribution in [3.05, 3.63) is 62.7 Å². The topological polar surface area (TPSA) is 84.0 Å². The lowest BCUT2D eigenvalue weighted by Crippen LogP contribution is -2.29. The molecule has 0 saturated carbocycles. The molecule has 0 fully saturated rings. The number of benzene rings is 1. The highest BCUT2D eigenvalue weighted by molar-refractivity contribution is 5.90. The highest BCUT2D eigenvalue weighted by Gasteiger charge is 2.13. The van der Waals surface area contributed by atoms with Gasteiger partial charge < -0.3 is 5.32 Å². The monoisotopic (exact) mass is 315 g/mol. The van der Waals surface area contributed by atoms with Gasteiger partial charge in [-0.15, -0.1) is 0 Å². The van der Waals surface area contributed by atoms with E-state index < -0.39 is 0 Å². The zero-order valence-electron chi connectivity index (χ0n) is 13.6. The number of rotatable bonds is 4. The SMILES string of the molecule is CC(C)(C)c1ccc(NC(=O)CCn2[nH]c(=O)ccc2=O)cc1. The molecule has 0 bridgehead atoms. The summed E-state index contributed by atoms with van der Waals surface area (Å²) >= 11 is 0. The van der Waals surface area contributed by atoms with Crippen molar-refractivity contribution < 1.29 is 4.79 Å². The molecule has 0 aliphatic rings. The largest absolute Gasteiger partial charge is 0.326 e. The third-order valence-electron chi connectivity index (χ3n) is 3.49. The number of H-pyrrole nitrogens is 1. The molecule has 2 rings (SSSR count). The molecule has 1 aromatic carbocycles.